The molecule has 0 aromatic rings. The van der Waals surface area contributed by atoms with E-state index in [2.05, 4.69) is 0 Å². The summed E-state index contributed by atoms with van der Waals surface area (Å²) in [7, 11) is 0. The van der Waals surface area contributed by atoms with Gasteiger partial charge in [0, 0.05) is 0 Å². The van der Waals surface area contributed by atoms with E-state index < -0.39 is 42.1 Å². The molecule has 0 heterocycles. The Balaban J connectivity index is 0. The predicted molar refractivity (Wildman–Crippen MR) is 77.0 cm³/mol. The Labute approximate surface area is 143 Å². The van der Waals surface area contributed by atoms with E-state index in [4.69, 9.17) is 20.2 Å². The van der Waals surface area contributed by atoms with Gasteiger partial charge in [-0.05, 0) is 40.5 Å². The second-order valence-electron chi connectivity index (χ2n) is 5.44. The predicted octanol–water partition coefficient (Wildman–Crippen LogP) is 1.39. The van der Waals surface area contributed by atoms with Crippen molar-refractivity contribution in [2.24, 2.45) is 5.41 Å². The van der Waals surface area contributed by atoms with Crippen LogP contribution in [-0.2, 0) is 41.0 Å². The first kappa shape index (κ1) is 24.7. The normalized spacial score (nSPS) is 11.4. The van der Waals surface area contributed by atoms with Crippen LogP contribution in [0.25, 0.3) is 0 Å². The Morgan fingerprint density at radius 2 is 1.30 bits per heavy atom. The Bertz CT molecular complexity index is 376. The third-order valence-corrected chi connectivity index (χ3v) is 3.09. The number of carboxylic acid groups (broad SMARTS) is 1. The van der Waals surface area contributed by atoms with Crippen LogP contribution in [0.3, 0.4) is 0 Å². The number of ether oxygens (including phenoxy) is 2. The fraction of sp³-hybridized carbons (Fsp3) is 0.857. The Morgan fingerprint density at radius 3 is 1.48 bits per heavy atom. The van der Waals surface area contributed by atoms with Crippen molar-refractivity contribution in [3.05, 3.63) is 0 Å². The summed E-state index contributed by atoms with van der Waals surface area (Å²) < 4.78 is 34.1. The van der Waals surface area contributed by atoms with E-state index in [0.717, 1.165) is 0 Å². The van der Waals surface area contributed by atoms with Gasteiger partial charge < -0.3 is 14.6 Å². The third-order valence-electron chi connectivity index (χ3n) is 3.09. The zero-order valence-electron chi connectivity index (χ0n) is 14.5. The molecule has 8 nitrogen and oxygen atoms in total. The van der Waals surface area contributed by atoms with Crippen molar-refractivity contribution in [1.82, 2.24) is 0 Å². The molecule has 136 valence electrons. The number of carboxylic acids is 1. The molecule has 0 bridgehead atoms. The molecule has 0 aliphatic carbocycles. The number of Topliss-reactive ketones (excluding diaryl/α,β-unsaturated/α-hetero) is 1. The van der Waals surface area contributed by atoms with Gasteiger partial charge in [0.05, 0.1) is 12.2 Å². The van der Waals surface area contributed by atoms with E-state index in [1.807, 2.05) is 0 Å². The molecule has 0 rings (SSSR count). The van der Waals surface area contributed by atoms with Crippen LogP contribution in [0.2, 0.25) is 0 Å². The monoisotopic (exact) mass is 372 g/mol. The zero-order valence-corrected chi connectivity index (χ0v) is 16.1. The van der Waals surface area contributed by atoms with Crippen molar-refractivity contribution in [1.29, 1.82) is 0 Å². The number of hydrogen-bond donors (Lipinski definition) is 3. The van der Waals surface area contributed by atoms with Gasteiger partial charge in [-0.15, -0.1) is 0 Å². The van der Waals surface area contributed by atoms with Gasteiger partial charge in [-0.3, -0.25) is 9.59 Å². The summed E-state index contributed by atoms with van der Waals surface area (Å²) in [4.78, 5) is 24.0. The Kier molecular flexibility index (Phi) is 12.8. The molecule has 0 radical (unpaired) electrons. The van der Waals surface area contributed by atoms with E-state index in [-0.39, 0.29) is 25.0 Å². The maximum atomic E-state index is 12.5. The number of rotatable bonds is 9. The van der Waals surface area contributed by atoms with Gasteiger partial charge in [-0.1, -0.05) is 13.8 Å². The summed E-state index contributed by atoms with van der Waals surface area (Å²) >= 11 is -3.58. The van der Waals surface area contributed by atoms with E-state index in [9.17, 15) is 14.7 Å². The van der Waals surface area contributed by atoms with Gasteiger partial charge in [0.1, 0.15) is 5.41 Å². The van der Waals surface area contributed by atoms with Crippen LogP contribution in [0.15, 0.2) is 0 Å². The molecule has 0 atom stereocenters. The first-order valence-electron chi connectivity index (χ1n) is 7.45. The van der Waals surface area contributed by atoms with Crippen LogP contribution >= 0.6 is 0 Å². The summed E-state index contributed by atoms with van der Waals surface area (Å²) in [6, 6.07) is 0. The minimum absolute atomic E-state index is 0.215. The first-order chi connectivity index (χ1) is 10.4. The van der Waals surface area contributed by atoms with E-state index in [1.54, 1.807) is 41.5 Å². The molecule has 0 aliphatic rings. The first-order valence-corrected chi connectivity index (χ1v) is 9.48. The van der Waals surface area contributed by atoms with Crippen molar-refractivity contribution in [3.8, 4) is 0 Å². The van der Waals surface area contributed by atoms with E-state index in [1.165, 1.54) is 0 Å². The second-order valence-corrected chi connectivity index (χ2v) is 6.33. The molecular weight excluding hydrogens is 344 g/mol. The molecule has 0 fully saturated rings. The molecule has 0 aromatic carbocycles. The SMILES string of the molecule is CCC(CC)(C(=O)O)C(=O)C(OC(C)C)OC(C)C.[O]=[Ti]([OH])[OH]. The molecule has 0 aliphatic heterocycles. The Morgan fingerprint density at radius 1 is 1.00 bits per heavy atom. The average Bonchev–Trinajstić information content (AvgIpc) is 2.37. The van der Waals surface area contributed by atoms with Gasteiger partial charge in [-0.25, -0.2) is 0 Å². The number of aliphatic carboxylic acids is 1. The third kappa shape index (κ3) is 9.39. The Hall–Kier alpha value is -0.506. The van der Waals surface area contributed by atoms with Crippen molar-refractivity contribution in [3.63, 3.8) is 0 Å². The summed E-state index contributed by atoms with van der Waals surface area (Å²) in [5.74, 6) is -1.63. The summed E-state index contributed by atoms with van der Waals surface area (Å²) in [6.45, 7) is 10.5. The van der Waals surface area contributed by atoms with Crippen LogP contribution in [0, 0.1) is 5.41 Å². The molecule has 0 aromatic heterocycles. The molecule has 0 spiro atoms. The van der Waals surface area contributed by atoms with Crippen LogP contribution in [0.1, 0.15) is 54.4 Å². The quantitative estimate of drug-likeness (QED) is 0.314. The summed E-state index contributed by atoms with van der Waals surface area (Å²) in [5, 5.41) is 9.38. The van der Waals surface area contributed by atoms with Gasteiger partial charge >= 0.3 is 35.3 Å². The number of hydrogen-bond acceptors (Lipinski definition) is 5. The number of ketones is 1. The zero-order chi connectivity index (χ0) is 18.8. The molecule has 0 saturated heterocycles. The molecule has 0 saturated carbocycles. The summed E-state index contributed by atoms with van der Waals surface area (Å²) in [5.41, 5.74) is -1.44. The summed E-state index contributed by atoms with van der Waals surface area (Å²) in [6.07, 6.45) is -1.12. The van der Waals surface area contributed by atoms with Crippen LogP contribution in [0.4, 0.5) is 0 Å². The van der Waals surface area contributed by atoms with Crippen molar-refractivity contribution in [2.45, 2.75) is 72.9 Å². The standard InChI is InChI=1S/C14H26O5.2H2O.O.Ti/c1-7-14(8-2,13(16)17)11(15)12(18-9(3)4)19-10(5)6;;;;/h9-10,12H,7-8H2,1-6H3,(H,16,17);2*1H2;;/q;;;;+2/p-2. The fourth-order valence-electron chi connectivity index (χ4n) is 1.88. The molecular formula is C14H28O8Ti. The molecule has 9 heteroatoms. The maximum absolute atomic E-state index is 12.5. The fourth-order valence-corrected chi connectivity index (χ4v) is 1.88. The van der Waals surface area contributed by atoms with Crippen LogP contribution in [-0.4, -0.2) is 42.7 Å². The van der Waals surface area contributed by atoms with Gasteiger partial charge in [0.2, 0.25) is 12.1 Å². The van der Waals surface area contributed by atoms with Gasteiger partial charge in [-0.2, -0.15) is 0 Å². The van der Waals surface area contributed by atoms with Crippen molar-refractivity contribution in [2.75, 3.05) is 0 Å². The van der Waals surface area contributed by atoms with E-state index >= 15 is 0 Å². The molecule has 0 amide bonds. The van der Waals surface area contributed by atoms with Crippen LogP contribution in [0.5, 0.6) is 0 Å². The molecule has 23 heavy (non-hydrogen) atoms. The average molecular weight is 372 g/mol. The molecule has 0 unspecified atom stereocenters. The van der Waals surface area contributed by atoms with Crippen molar-refractivity contribution >= 4 is 11.8 Å². The number of carbonyl (C=O) groups excluding carboxylic acids is 1. The topological polar surface area (TPSA) is 130 Å². The number of carbonyl (C=O) groups is 2. The van der Waals surface area contributed by atoms with Crippen LogP contribution < -0.4 is 0 Å². The molecule has 3 N–H and O–H groups in total. The van der Waals surface area contributed by atoms with Crippen molar-refractivity contribution < 1.29 is 53.5 Å². The minimum atomic E-state index is -3.58. The van der Waals surface area contributed by atoms with Gasteiger partial charge in [0.25, 0.3) is 0 Å². The van der Waals surface area contributed by atoms with E-state index in [0.29, 0.717) is 0 Å². The van der Waals surface area contributed by atoms with Gasteiger partial charge in [0.15, 0.2) is 0 Å². The second kappa shape index (κ2) is 11.9.